The Hall–Kier alpha value is -1.51. The van der Waals surface area contributed by atoms with Crippen molar-refractivity contribution in [3.63, 3.8) is 0 Å². The zero-order valence-corrected chi connectivity index (χ0v) is 12.5. The Morgan fingerprint density at radius 1 is 1.05 bits per heavy atom. The Morgan fingerprint density at radius 3 is 2.29 bits per heavy atom. The molecule has 4 aliphatic rings. The van der Waals surface area contributed by atoms with Crippen LogP contribution in [0.1, 0.15) is 42.5 Å². The van der Waals surface area contributed by atoms with E-state index in [0.717, 1.165) is 18.1 Å². The van der Waals surface area contributed by atoms with E-state index in [1.54, 1.807) is 13.2 Å². The monoisotopic (exact) mass is 286 g/mol. The van der Waals surface area contributed by atoms with E-state index in [0.29, 0.717) is 28.9 Å². The molecule has 0 N–H and O–H groups in total. The van der Waals surface area contributed by atoms with E-state index >= 15 is 0 Å². The molecule has 4 saturated carbocycles. The number of aldehydes is 1. The zero-order valence-electron chi connectivity index (χ0n) is 12.5. The van der Waals surface area contributed by atoms with Gasteiger partial charge in [0.1, 0.15) is 6.10 Å². The van der Waals surface area contributed by atoms with Gasteiger partial charge in [-0.25, -0.2) is 0 Å². The number of methoxy groups -OCH3 is 1. The van der Waals surface area contributed by atoms with Gasteiger partial charge < -0.3 is 9.47 Å². The summed E-state index contributed by atoms with van der Waals surface area (Å²) in [5.41, 5.74) is 0.600. The second kappa shape index (κ2) is 5.04. The van der Waals surface area contributed by atoms with E-state index < -0.39 is 0 Å². The number of hydrogen-bond donors (Lipinski definition) is 0. The molecule has 0 amide bonds. The lowest BCUT2D eigenvalue weighted by Gasteiger charge is -2.53. The molecule has 0 radical (unpaired) electrons. The lowest BCUT2D eigenvalue weighted by atomic mass is 9.55. The molecule has 4 bridgehead atoms. The van der Waals surface area contributed by atoms with Crippen LogP contribution in [0.25, 0.3) is 0 Å². The number of para-hydroxylation sites is 1. The first-order chi connectivity index (χ1) is 10.3. The molecule has 3 nitrogen and oxygen atoms in total. The molecule has 0 spiro atoms. The molecule has 21 heavy (non-hydrogen) atoms. The smallest absolute Gasteiger partial charge is 0.172 e. The lowest BCUT2D eigenvalue weighted by molar-refractivity contribution is -0.0797. The van der Waals surface area contributed by atoms with Crippen molar-refractivity contribution in [2.75, 3.05) is 7.11 Å². The minimum absolute atomic E-state index is 0.271. The lowest BCUT2D eigenvalue weighted by Crippen LogP contribution is -2.50. The molecule has 0 aliphatic heterocycles. The number of carbonyl (C=O) groups excluding carboxylic acids is 1. The average molecular weight is 286 g/mol. The summed E-state index contributed by atoms with van der Waals surface area (Å²) in [6, 6.07) is 5.52. The quantitative estimate of drug-likeness (QED) is 0.791. The summed E-state index contributed by atoms with van der Waals surface area (Å²) in [5, 5.41) is 0. The van der Waals surface area contributed by atoms with Crippen LogP contribution < -0.4 is 9.47 Å². The predicted octanol–water partition coefficient (Wildman–Crippen LogP) is 3.71. The molecule has 0 atom stereocenters. The fourth-order valence-corrected chi connectivity index (χ4v) is 5.12. The van der Waals surface area contributed by atoms with Crippen LogP contribution in [-0.2, 0) is 0 Å². The van der Waals surface area contributed by atoms with E-state index in [2.05, 4.69) is 0 Å². The molecule has 0 saturated heterocycles. The summed E-state index contributed by atoms with van der Waals surface area (Å²) >= 11 is 0. The van der Waals surface area contributed by atoms with Crippen molar-refractivity contribution in [1.82, 2.24) is 0 Å². The van der Waals surface area contributed by atoms with Crippen molar-refractivity contribution < 1.29 is 14.3 Å². The van der Waals surface area contributed by atoms with E-state index in [1.807, 2.05) is 12.1 Å². The molecule has 0 aromatic heterocycles. The Balaban J connectivity index is 1.63. The van der Waals surface area contributed by atoms with E-state index in [1.165, 1.54) is 32.1 Å². The third kappa shape index (κ3) is 2.14. The second-order valence-corrected chi connectivity index (χ2v) is 7.01. The molecule has 1 aromatic carbocycles. The van der Waals surface area contributed by atoms with Gasteiger partial charge in [-0.15, -0.1) is 0 Å². The van der Waals surface area contributed by atoms with Gasteiger partial charge in [-0.05, 0) is 67.9 Å². The first kappa shape index (κ1) is 13.2. The summed E-state index contributed by atoms with van der Waals surface area (Å²) in [6.45, 7) is 0. The third-order valence-electron chi connectivity index (χ3n) is 5.75. The molecule has 0 unspecified atom stereocenters. The number of carbonyl (C=O) groups is 1. The van der Waals surface area contributed by atoms with Crippen molar-refractivity contribution >= 4 is 6.29 Å². The minimum Gasteiger partial charge on any atom is -0.493 e. The van der Waals surface area contributed by atoms with Gasteiger partial charge in [0.25, 0.3) is 0 Å². The van der Waals surface area contributed by atoms with Crippen molar-refractivity contribution in [1.29, 1.82) is 0 Å². The molecule has 112 valence electrons. The van der Waals surface area contributed by atoms with Gasteiger partial charge in [-0.2, -0.15) is 0 Å². The van der Waals surface area contributed by atoms with E-state index in [9.17, 15) is 4.79 Å². The Kier molecular flexibility index (Phi) is 3.16. The highest BCUT2D eigenvalue weighted by atomic mass is 16.5. The highest BCUT2D eigenvalue weighted by molar-refractivity contribution is 5.81. The maximum atomic E-state index is 11.3. The Morgan fingerprint density at radius 2 is 1.71 bits per heavy atom. The summed E-state index contributed by atoms with van der Waals surface area (Å²) in [5.74, 6) is 4.52. The molecule has 4 fully saturated rings. The second-order valence-electron chi connectivity index (χ2n) is 7.01. The molecular formula is C18H22O3. The molecule has 5 rings (SSSR count). The Labute approximate surface area is 125 Å². The zero-order chi connectivity index (χ0) is 14.4. The van der Waals surface area contributed by atoms with Gasteiger partial charge in [0.15, 0.2) is 17.8 Å². The molecule has 1 aromatic rings. The summed E-state index contributed by atoms with van der Waals surface area (Å²) in [4.78, 5) is 11.3. The van der Waals surface area contributed by atoms with Crippen LogP contribution in [0.2, 0.25) is 0 Å². The number of hydrogen-bond acceptors (Lipinski definition) is 3. The highest BCUT2D eigenvalue weighted by Gasteiger charge is 2.49. The first-order valence-electron chi connectivity index (χ1n) is 8.07. The maximum Gasteiger partial charge on any atom is 0.172 e. The third-order valence-corrected chi connectivity index (χ3v) is 5.75. The predicted molar refractivity (Wildman–Crippen MR) is 79.8 cm³/mol. The fraction of sp³-hybridized carbons (Fsp3) is 0.611. The normalized spacial score (nSPS) is 36.5. The number of ether oxygens (including phenoxy) is 2. The SMILES string of the molecule is COc1cccc(C=O)c1OC1C2CC3CC(C2)CC1C3. The van der Waals surface area contributed by atoms with Gasteiger partial charge >= 0.3 is 0 Å². The van der Waals surface area contributed by atoms with Crippen molar-refractivity contribution in [3.8, 4) is 11.5 Å². The molecule has 4 aliphatic carbocycles. The standard InChI is InChI=1S/C18H22O3/c1-20-16-4-2-3-13(10-19)18(16)21-17-14-6-11-5-12(8-14)9-15(17)7-11/h2-4,10-12,14-15,17H,5-9H2,1H3. The average Bonchev–Trinajstić information content (AvgIpc) is 2.50. The molecular weight excluding hydrogens is 264 g/mol. The maximum absolute atomic E-state index is 11.3. The van der Waals surface area contributed by atoms with Gasteiger partial charge in [-0.1, -0.05) is 6.07 Å². The highest BCUT2D eigenvalue weighted by Crippen LogP contribution is 2.55. The van der Waals surface area contributed by atoms with Gasteiger partial charge in [0, 0.05) is 0 Å². The van der Waals surface area contributed by atoms with Crippen LogP contribution in [0, 0.1) is 23.7 Å². The minimum atomic E-state index is 0.271. The van der Waals surface area contributed by atoms with Crippen LogP contribution in [0.4, 0.5) is 0 Å². The molecule has 0 heterocycles. The van der Waals surface area contributed by atoms with Crippen LogP contribution >= 0.6 is 0 Å². The topological polar surface area (TPSA) is 35.5 Å². The van der Waals surface area contributed by atoms with Crippen molar-refractivity contribution in [3.05, 3.63) is 23.8 Å². The first-order valence-corrected chi connectivity index (χ1v) is 8.07. The number of benzene rings is 1. The van der Waals surface area contributed by atoms with E-state index in [4.69, 9.17) is 9.47 Å². The van der Waals surface area contributed by atoms with E-state index in [-0.39, 0.29) is 6.10 Å². The van der Waals surface area contributed by atoms with Crippen LogP contribution in [0.3, 0.4) is 0 Å². The van der Waals surface area contributed by atoms with Crippen molar-refractivity contribution in [2.45, 2.75) is 38.2 Å². The summed E-state index contributed by atoms with van der Waals surface area (Å²) in [7, 11) is 1.63. The molecule has 3 heteroatoms. The van der Waals surface area contributed by atoms with Gasteiger partial charge in [0.2, 0.25) is 0 Å². The van der Waals surface area contributed by atoms with Crippen LogP contribution in [0.5, 0.6) is 11.5 Å². The Bertz CT molecular complexity index is 523. The van der Waals surface area contributed by atoms with Gasteiger partial charge in [0.05, 0.1) is 12.7 Å². The fourth-order valence-electron chi connectivity index (χ4n) is 5.12. The number of rotatable bonds is 4. The van der Waals surface area contributed by atoms with Crippen molar-refractivity contribution in [2.24, 2.45) is 23.7 Å². The largest absolute Gasteiger partial charge is 0.493 e. The summed E-state index contributed by atoms with van der Waals surface area (Å²) in [6.07, 6.45) is 7.81. The summed E-state index contributed by atoms with van der Waals surface area (Å²) < 4.78 is 11.8. The van der Waals surface area contributed by atoms with Gasteiger partial charge in [-0.3, -0.25) is 4.79 Å². The van der Waals surface area contributed by atoms with Crippen LogP contribution in [-0.4, -0.2) is 19.5 Å². The van der Waals surface area contributed by atoms with Crippen LogP contribution in [0.15, 0.2) is 18.2 Å².